The minimum atomic E-state index is -0.861. The maximum Gasteiger partial charge on any atom is 0.409 e. The molecule has 0 saturated carbocycles. The average Bonchev–Trinajstić information content (AvgIpc) is 2.48. The van der Waals surface area contributed by atoms with Crippen molar-refractivity contribution in [2.45, 2.75) is 13.0 Å². The molecule has 0 spiro atoms. The van der Waals surface area contributed by atoms with Crippen molar-refractivity contribution in [2.24, 2.45) is 0 Å². The molecule has 1 aliphatic rings. The lowest BCUT2D eigenvalue weighted by molar-refractivity contribution is 0.0569. The second-order valence-electron chi connectivity index (χ2n) is 5.02. The van der Waals surface area contributed by atoms with Crippen LogP contribution in [0.5, 0.6) is 0 Å². The number of halogens is 1. The Bertz CT molecular complexity index is 476. The molecule has 5 nitrogen and oxygen atoms in total. The predicted molar refractivity (Wildman–Crippen MR) is 76.4 cm³/mol. The monoisotopic (exact) mass is 296 g/mol. The van der Waals surface area contributed by atoms with Gasteiger partial charge in [-0.05, 0) is 13.0 Å². The second-order valence-corrected chi connectivity index (χ2v) is 5.02. The van der Waals surface area contributed by atoms with Gasteiger partial charge in [-0.3, -0.25) is 4.90 Å². The van der Waals surface area contributed by atoms with Crippen molar-refractivity contribution in [3.8, 4) is 0 Å². The van der Waals surface area contributed by atoms with Gasteiger partial charge in [-0.15, -0.1) is 0 Å². The third-order valence-electron chi connectivity index (χ3n) is 3.59. The SMILES string of the molecule is CCOC(=O)N1CCN(CC(O)c2ccccc2F)CC1. The number of ether oxygens (including phenoxy) is 1. The number of β-amino-alcohol motifs (C(OH)–C–C–N with tert-alkyl or cyclic N) is 1. The van der Waals surface area contributed by atoms with Gasteiger partial charge in [0.2, 0.25) is 0 Å². The molecule has 1 N–H and O–H groups in total. The lowest BCUT2D eigenvalue weighted by atomic mass is 10.1. The van der Waals surface area contributed by atoms with Crippen molar-refractivity contribution in [1.82, 2.24) is 9.80 Å². The highest BCUT2D eigenvalue weighted by Crippen LogP contribution is 2.18. The number of benzene rings is 1. The molecule has 0 aliphatic carbocycles. The molecule has 1 unspecified atom stereocenters. The standard InChI is InChI=1S/C15H21FN2O3/c1-2-21-15(20)18-9-7-17(8-10-18)11-14(19)12-5-3-4-6-13(12)16/h3-6,14,19H,2,7-11H2,1H3. The predicted octanol–water partition coefficient (Wildman–Crippen LogP) is 1.63. The summed E-state index contributed by atoms with van der Waals surface area (Å²) in [5, 5.41) is 10.1. The van der Waals surface area contributed by atoms with Crippen molar-refractivity contribution in [3.63, 3.8) is 0 Å². The molecule has 116 valence electrons. The topological polar surface area (TPSA) is 53.0 Å². The molecule has 1 amide bonds. The average molecular weight is 296 g/mol. The van der Waals surface area contributed by atoms with Crippen LogP contribution in [0.1, 0.15) is 18.6 Å². The van der Waals surface area contributed by atoms with Crippen LogP contribution in [0.25, 0.3) is 0 Å². The number of hydrogen-bond donors (Lipinski definition) is 1. The molecule has 0 aromatic heterocycles. The number of rotatable bonds is 4. The summed E-state index contributed by atoms with van der Waals surface area (Å²) in [7, 11) is 0. The minimum absolute atomic E-state index is 0.299. The maximum atomic E-state index is 13.6. The van der Waals surface area contributed by atoms with Gasteiger partial charge in [-0.1, -0.05) is 18.2 Å². The lowest BCUT2D eigenvalue weighted by Crippen LogP contribution is -2.49. The molecule has 6 heteroatoms. The number of carbonyl (C=O) groups is 1. The Morgan fingerprint density at radius 3 is 2.62 bits per heavy atom. The van der Waals surface area contributed by atoms with E-state index in [-0.39, 0.29) is 6.09 Å². The minimum Gasteiger partial charge on any atom is -0.450 e. The zero-order chi connectivity index (χ0) is 15.2. The highest BCUT2D eigenvalue weighted by atomic mass is 19.1. The van der Waals surface area contributed by atoms with Gasteiger partial charge in [0.1, 0.15) is 5.82 Å². The summed E-state index contributed by atoms with van der Waals surface area (Å²) in [6.45, 7) is 4.90. The molecule has 1 aromatic carbocycles. The van der Waals surface area contributed by atoms with Crippen LogP contribution < -0.4 is 0 Å². The Balaban J connectivity index is 1.83. The normalized spacial score (nSPS) is 17.6. The first-order valence-electron chi connectivity index (χ1n) is 7.18. The van der Waals surface area contributed by atoms with Crippen molar-refractivity contribution in [1.29, 1.82) is 0 Å². The number of hydrogen-bond acceptors (Lipinski definition) is 4. The molecule has 21 heavy (non-hydrogen) atoms. The van der Waals surface area contributed by atoms with Gasteiger partial charge in [0.25, 0.3) is 0 Å². The molecule has 1 aliphatic heterocycles. The Kier molecular flexibility index (Phi) is 5.52. The summed E-state index contributed by atoms with van der Waals surface area (Å²) in [6.07, 6.45) is -1.16. The Morgan fingerprint density at radius 1 is 1.33 bits per heavy atom. The third-order valence-corrected chi connectivity index (χ3v) is 3.59. The number of amides is 1. The summed E-state index contributed by atoms with van der Waals surface area (Å²) in [4.78, 5) is 15.2. The first kappa shape index (κ1) is 15.7. The summed E-state index contributed by atoms with van der Waals surface area (Å²) < 4.78 is 18.6. The molecule has 1 fully saturated rings. The number of piperazine rings is 1. The van der Waals surface area contributed by atoms with Gasteiger partial charge in [-0.2, -0.15) is 0 Å². The fraction of sp³-hybridized carbons (Fsp3) is 0.533. The van der Waals surface area contributed by atoms with E-state index in [0.717, 1.165) is 0 Å². The van der Waals surface area contributed by atoms with Gasteiger partial charge in [-0.25, -0.2) is 9.18 Å². The fourth-order valence-electron chi connectivity index (χ4n) is 2.42. The molecule has 0 bridgehead atoms. The van der Waals surface area contributed by atoms with Crippen LogP contribution in [0.4, 0.5) is 9.18 Å². The molecular formula is C15H21FN2O3. The summed E-state index contributed by atoms with van der Waals surface area (Å²) in [5.74, 6) is -0.393. The highest BCUT2D eigenvalue weighted by Gasteiger charge is 2.24. The maximum absolute atomic E-state index is 13.6. The summed E-state index contributed by atoms with van der Waals surface area (Å²) in [5.41, 5.74) is 0.310. The zero-order valence-corrected chi connectivity index (χ0v) is 12.2. The zero-order valence-electron chi connectivity index (χ0n) is 12.2. The van der Waals surface area contributed by atoms with E-state index in [1.807, 2.05) is 4.90 Å². The van der Waals surface area contributed by atoms with E-state index in [1.165, 1.54) is 6.07 Å². The Morgan fingerprint density at radius 2 is 2.00 bits per heavy atom. The fourth-order valence-corrected chi connectivity index (χ4v) is 2.42. The lowest BCUT2D eigenvalue weighted by Gasteiger charge is -2.35. The van der Waals surface area contributed by atoms with Gasteiger partial charge in [0.05, 0.1) is 12.7 Å². The first-order chi connectivity index (χ1) is 10.1. The van der Waals surface area contributed by atoms with E-state index in [0.29, 0.717) is 44.9 Å². The number of aliphatic hydroxyl groups excluding tert-OH is 1. The summed E-state index contributed by atoms with van der Waals surface area (Å²) >= 11 is 0. The molecule has 1 heterocycles. The van der Waals surface area contributed by atoms with Crippen LogP contribution in [-0.4, -0.2) is 60.3 Å². The van der Waals surface area contributed by atoms with Crippen molar-refractivity contribution in [3.05, 3.63) is 35.6 Å². The molecule has 1 aromatic rings. The van der Waals surface area contributed by atoms with Crippen LogP contribution in [0.15, 0.2) is 24.3 Å². The largest absolute Gasteiger partial charge is 0.450 e. The summed E-state index contributed by atoms with van der Waals surface area (Å²) in [6, 6.07) is 6.25. The van der Waals surface area contributed by atoms with E-state index in [4.69, 9.17) is 4.74 Å². The first-order valence-corrected chi connectivity index (χ1v) is 7.18. The Hall–Kier alpha value is -1.66. The van der Waals surface area contributed by atoms with Crippen molar-refractivity contribution >= 4 is 6.09 Å². The van der Waals surface area contributed by atoms with E-state index in [2.05, 4.69) is 0 Å². The van der Waals surface area contributed by atoms with E-state index < -0.39 is 11.9 Å². The molecule has 2 rings (SSSR count). The van der Waals surface area contributed by atoms with Crippen LogP contribution in [0.2, 0.25) is 0 Å². The quantitative estimate of drug-likeness (QED) is 0.917. The van der Waals surface area contributed by atoms with E-state index >= 15 is 0 Å². The van der Waals surface area contributed by atoms with Gasteiger partial charge < -0.3 is 14.7 Å². The van der Waals surface area contributed by atoms with Crippen LogP contribution >= 0.6 is 0 Å². The van der Waals surface area contributed by atoms with Gasteiger partial charge in [0.15, 0.2) is 0 Å². The molecular weight excluding hydrogens is 275 g/mol. The third kappa shape index (κ3) is 4.15. The van der Waals surface area contributed by atoms with Crippen LogP contribution in [0, 0.1) is 5.82 Å². The van der Waals surface area contributed by atoms with Gasteiger partial charge >= 0.3 is 6.09 Å². The highest BCUT2D eigenvalue weighted by molar-refractivity contribution is 5.67. The van der Waals surface area contributed by atoms with E-state index in [9.17, 15) is 14.3 Å². The molecule has 1 saturated heterocycles. The second kappa shape index (κ2) is 7.38. The number of carbonyl (C=O) groups excluding carboxylic acids is 1. The number of aliphatic hydroxyl groups is 1. The van der Waals surface area contributed by atoms with Crippen LogP contribution in [-0.2, 0) is 4.74 Å². The smallest absolute Gasteiger partial charge is 0.409 e. The van der Waals surface area contributed by atoms with E-state index in [1.54, 1.807) is 30.0 Å². The molecule has 1 atom stereocenters. The Labute approximate surface area is 123 Å². The number of nitrogens with zero attached hydrogens (tertiary/aromatic N) is 2. The molecule has 0 radical (unpaired) electrons. The van der Waals surface area contributed by atoms with Crippen molar-refractivity contribution in [2.75, 3.05) is 39.3 Å². The van der Waals surface area contributed by atoms with Gasteiger partial charge in [0, 0.05) is 38.3 Å². The van der Waals surface area contributed by atoms with Crippen molar-refractivity contribution < 1.29 is 19.0 Å². The van der Waals surface area contributed by atoms with Crippen LogP contribution in [0.3, 0.4) is 0 Å².